The van der Waals surface area contributed by atoms with Crippen LogP contribution in [0.1, 0.15) is 112 Å². The average Bonchev–Trinajstić information content (AvgIpc) is 1.69. The number of hydrogen-bond acceptors (Lipinski definition) is 27. The molecule has 105 heavy (non-hydrogen) atoms. The second-order valence-corrected chi connectivity index (χ2v) is 20.0. The van der Waals surface area contributed by atoms with Crippen molar-refractivity contribution in [1.29, 1.82) is 0 Å². The molecule has 41 heteroatoms. The fourth-order valence-electron chi connectivity index (χ4n) is 7.97. The van der Waals surface area contributed by atoms with Gasteiger partial charge in [-0.2, -0.15) is 20.0 Å². The van der Waals surface area contributed by atoms with E-state index >= 15 is 0 Å². The molecule has 0 saturated heterocycles. The Morgan fingerprint density at radius 2 is 0.981 bits per heavy atom. The molecule has 0 unspecified atom stereocenters. The van der Waals surface area contributed by atoms with Crippen LogP contribution in [-0.4, -0.2) is 160 Å². The average molecular weight is 1460 g/mol. The number of esters is 4. The molecule has 0 aliphatic heterocycles. The first kappa shape index (κ1) is 83.1. The van der Waals surface area contributed by atoms with E-state index in [1.54, 1.807) is 58.9 Å². The minimum atomic E-state index is -1.30. The summed E-state index contributed by atoms with van der Waals surface area (Å²) < 4.78 is 61.5. The molecular weight excluding hydrogens is 1390 g/mol. The molecule has 8 aromatic heterocycles. The van der Waals surface area contributed by atoms with E-state index in [2.05, 4.69) is 70.5 Å². The third kappa shape index (κ3) is 26.7. The summed E-state index contributed by atoms with van der Waals surface area (Å²) in [5.41, 5.74) is 9.68. The van der Waals surface area contributed by atoms with Crippen LogP contribution in [0.3, 0.4) is 0 Å². The third-order valence-corrected chi connectivity index (χ3v) is 13.1. The number of anilines is 3. The zero-order valence-electron chi connectivity index (χ0n) is 57.0. The number of ether oxygens (including phenoxy) is 4. The van der Waals surface area contributed by atoms with E-state index in [0.29, 0.717) is 85.7 Å². The standard InChI is InChI=1S/C14H16FN3O2.C13H14FN3O.C7H5FO.C7H9N3O4.C7H11N3O2.C7H6N2.C5H5N3O4.C4H3N3O4/c1-3-18-12(14(19)20-2)8-13(17-18)16-9-10-4-6-11(15)7-5-10;1-2-17-12(9-18)7-13(16-17)15-8-10-3-5-11(14)6-4-10;8-7-3-1-6(5-9)2-4-7;1-3-9-5(7(11)14-2)4-6(8-9)10(12)13;1-3-10-5(7(11)12-2)4-6(8)9-10;1-2-6-3-5-9-7(6)8-4-1;1-12-5(9)3-2-4(7-6-3)8(10)11;8-4(9)2-1-3(6-5-2)7(10)11/h4-8H,3,9H2,1-2H3,(H,16,17);3-7,9H,2,8H2,1H3,(H,15,16);1-5H;4H,3H2,1-2H3;4H,3H2,1-2H3,(H2,8,9);1-5H,(H,8,9);2H,1H3,(H,6,7);1H,(H,5,6)(H,8,9). The second-order valence-electron chi connectivity index (χ2n) is 20.0. The number of hydrogen-bond donors (Lipinski definition) is 7. The number of nitrogen functional groups attached to an aromatic ring is 1. The SMILES string of the molecule is CCn1nc(N)cc1C(=O)OC.CCn1nc(NCc2ccc(F)cc2)cc1C(=O)OC.CCn1nc(NCc2ccc(F)cc2)cc1C=O.CCn1nc([N+](=O)[O-])cc1C(=O)OC.COC(=O)c1cc([N+](=O)[O-])[nH]n1.O=C(O)c1cc([N+](=O)[O-])[nH]n1.O=Cc1ccc(F)cc1.c1cnc2[nH]ccc2c1. The predicted molar refractivity (Wildman–Crippen MR) is 366 cm³/mol. The number of nitrogens with zero attached hydrogens (tertiary/aromatic N) is 14. The fraction of sp³-hybridized carbons (Fsp3) is 0.219. The first-order valence-corrected chi connectivity index (χ1v) is 30.4. The molecule has 0 aliphatic carbocycles. The topological polar surface area (TPSA) is 513 Å². The Balaban J connectivity index is 0.000000258. The van der Waals surface area contributed by atoms with Crippen molar-refractivity contribution in [3.63, 3.8) is 0 Å². The summed E-state index contributed by atoms with van der Waals surface area (Å²) in [6.07, 6.45) is 5.12. The Labute approximate surface area is 591 Å². The fourth-order valence-corrected chi connectivity index (χ4v) is 7.97. The smallest absolute Gasteiger partial charge is 0.390 e. The van der Waals surface area contributed by atoms with E-state index in [0.717, 1.165) is 46.6 Å². The van der Waals surface area contributed by atoms with Gasteiger partial charge in [-0.1, -0.05) is 34.5 Å². The number of rotatable bonds is 20. The van der Waals surface area contributed by atoms with Gasteiger partial charge in [0, 0.05) is 74.3 Å². The lowest BCUT2D eigenvalue weighted by molar-refractivity contribution is -0.389. The van der Waals surface area contributed by atoms with E-state index < -0.39 is 50.4 Å². The molecule has 0 aliphatic rings. The number of carbonyl (C=O) groups is 7. The molecule has 0 fully saturated rings. The van der Waals surface area contributed by atoms with Crippen molar-refractivity contribution < 1.29 is 85.6 Å². The molecule has 3 aromatic carbocycles. The van der Waals surface area contributed by atoms with Crippen LogP contribution in [0, 0.1) is 47.8 Å². The van der Waals surface area contributed by atoms with E-state index in [4.69, 9.17) is 15.6 Å². The quantitative estimate of drug-likeness (QED) is 0.0123. The van der Waals surface area contributed by atoms with Crippen LogP contribution in [0.4, 0.5) is 48.1 Å². The number of aromatic nitrogens is 14. The number of H-pyrrole nitrogens is 3. The first-order chi connectivity index (χ1) is 50.2. The number of aryl methyl sites for hydroxylation is 4. The molecule has 554 valence electrons. The number of fused-ring (bicyclic) bond motifs is 1. The molecule has 38 nitrogen and oxygen atoms in total. The first-order valence-electron chi connectivity index (χ1n) is 30.4. The summed E-state index contributed by atoms with van der Waals surface area (Å²) in [6.45, 7) is 10.6. The van der Waals surface area contributed by atoms with Gasteiger partial charge in [0.1, 0.15) is 63.9 Å². The maximum absolute atomic E-state index is 12.8. The van der Waals surface area contributed by atoms with Gasteiger partial charge >= 0.3 is 47.3 Å². The molecule has 11 rings (SSSR count). The predicted octanol–water partition coefficient (Wildman–Crippen LogP) is 9.10. The molecule has 0 atom stereocenters. The van der Waals surface area contributed by atoms with Gasteiger partial charge in [-0.3, -0.25) is 23.6 Å². The van der Waals surface area contributed by atoms with Crippen molar-refractivity contribution in [1.82, 2.24) is 69.5 Å². The number of pyridine rings is 1. The number of aromatic carboxylic acids is 1. The van der Waals surface area contributed by atoms with Gasteiger partial charge < -0.3 is 75.7 Å². The maximum atomic E-state index is 12.8. The minimum Gasteiger partial charge on any atom is -0.476 e. The summed E-state index contributed by atoms with van der Waals surface area (Å²) >= 11 is 0. The minimum absolute atomic E-state index is 0.0849. The highest BCUT2D eigenvalue weighted by atomic mass is 19.1. The number of carboxylic acids is 1. The lowest BCUT2D eigenvalue weighted by Crippen LogP contribution is -2.10. The molecule has 0 bridgehead atoms. The number of halogens is 3. The highest BCUT2D eigenvalue weighted by Gasteiger charge is 2.23. The van der Waals surface area contributed by atoms with Crippen LogP contribution in [0.15, 0.2) is 140 Å². The van der Waals surface area contributed by atoms with Crippen molar-refractivity contribution in [2.24, 2.45) is 0 Å². The zero-order chi connectivity index (χ0) is 77.7. The van der Waals surface area contributed by atoms with E-state index in [1.165, 1.54) is 92.4 Å². The molecule has 11 aromatic rings. The number of methoxy groups -OCH3 is 4. The Hall–Kier alpha value is -14.3. The number of aldehydes is 2. The summed E-state index contributed by atoms with van der Waals surface area (Å²) in [6, 6.07) is 31.5. The Bertz CT molecular complexity index is 4600. The van der Waals surface area contributed by atoms with Gasteiger partial charge in [0.2, 0.25) is 0 Å². The van der Waals surface area contributed by atoms with Crippen molar-refractivity contribution in [2.75, 3.05) is 44.8 Å². The Morgan fingerprint density at radius 1 is 0.543 bits per heavy atom. The lowest BCUT2D eigenvalue weighted by atomic mass is 10.2. The van der Waals surface area contributed by atoms with Gasteiger partial charge in [-0.05, 0) is 120 Å². The monoisotopic (exact) mass is 1460 g/mol. The summed E-state index contributed by atoms with van der Waals surface area (Å²) in [5.74, 6) is -3.88. The third-order valence-electron chi connectivity index (χ3n) is 13.1. The number of carbonyl (C=O) groups excluding carboxylic acids is 6. The van der Waals surface area contributed by atoms with Crippen LogP contribution >= 0.6 is 0 Å². The van der Waals surface area contributed by atoms with Gasteiger partial charge in [0.05, 0.1) is 58.3 Å². The molecule has 0 radical (unpaired) electrons. The largest absolute Gasteiger partial charge is 0.476 e. The van der Waals surface area contributed by atoms with Crippen molar-refractivity contribution in [2.45, 2.75) is 67.0 Å². The highest BCUT2D eigenvalue weighted by Crippen LogP contribution is 2.17. The number of nitrogens with one attached hydrogen (secondary N) is 5. The number of nitro groups is 3. The molecule has 8 N–H and O–H groups in total. The Kier molecular flexibility index (Phi) is 33.7. The second kappa shape index (κ2) is 42.6. The summed E-state index contributed by atoms with van der Waals surface area (Å²) in [4.78, 5) is 111. The van der Waals surface area contributed by atoms with Crippen molar-refractivity contribution in [3.05, 3.63) is 238 Å². The number of aromatic amines is 3. The normalized spacial score (nSPS) is 9.90. The number of benzene rings is 3. The molecule has 0 amide bonds. The van der Waals surface area contributed by atoms with Crippen molar-refractivity contribution >= 4 is 88.4 Å². The molecule has 8 heterocycles. The Morgan fingerprint density at radius 3 is 1.40 bits per heavy atom. The van der Waals surface area contributed by atoms with Crippen LogP contribution in [0.25, 0.3) is 11.0 Å². The van der Waals surface area contributed by atoms with Crippen LogP contribution < -0.4 is 16.4 Å². The van der Waals surface area contributed by atoms with Crippen LogP contribution in [0.2, 0.25) is 0 Å². The summed E-state index contributed by atoms with van der Waals surface area (Å²) in [5, 5.41) is 72.6. The number of carboxylic acid groups (broad SMARTS) is 1. The van der Waals surface area contributed by atoms with Crippen LogP contribution in [0.5, 0.6) is 0 Å². The van der Waals surface area contributed by atoms with Gasteiger partial charge in [-0.25, -0.2) is 42.1 Å². The van der Waals surface area contributed by atoms with Gasteiger partial charge in [0.15, 0.2) is 23.4 Å². The van der Waals surface area contributed by atoms with E-state index in [9.17, 15) is 77.1 Å². The summed E-state index contributed by atoms with van der Waals surface area (Å²) in [7, 11) is 5.04. The molecule has 0 spiro atoms. The molecular formula is C64H69F3N20O18. The molecule has 0 saturated carbocycles. The van der Waals surface area contributed by atoms with Crippen LogP contribution in [-0.2, 0) is 58.2 Å². The number of nitrogens with two attached hydrogens (primary N) is 1. The maximum Gasteiger partial charge on any atom is 0.390 e. The van der Waals surface area contributed by atoms with Gasteiger partial charge in [0.25, 0.3) is 0 Å². The van der Waals surface area contributed by atoms with Gasteiger partial charge in [-0.15, -0.1) is 10.2 Å². The zero-order valence-corrected chi connectivity index (χ0v) is 57.0. The lowest BCUT2D eigenvalue weighted by Gasteiger charge is -2.03. The highest BCUT2D eigenvalue weighted by molar-refractivity contribution is 5.90. The van der Waals surface area contributed by atoms with E-state index in [1.807, 2.05) is 50.3 Å². The van der Waals surface area contributed by atoms with E-state index in [-0.39, 0.29) is 46.2 Å². The van der Waals surface area contributed by atoms with Crippen molar-refractivity contribution in [3.8, 4) is 0 Å².